The van der Waals surface area contributed by atoms with E-state index in [9.17, 15) is 9.59 Å². The molecule has 2 aliphatic rings. The van der Waals surface area contributed by atoms with Gasteiger partial charge < -0.3 is 4.90 Å². The lowest BCUT2D eigenvalue weighted by Crippen LogP contribution is -2.42. The summed E-state index contributed by atoms with van der Waals surface area (Å²) in [6, 6.07) is 0.0751. The molecule has 0 atom stereocenters. The van der Waals surface area contributed by atoms with Crippen LogP contribution in [0.4, 0.5) is 0 Å². The zero-order chi connectivity index (χ0) is 21.0. The molecule has 4 heterocycles. The number of carbonyl (C=O) groups excluding carboxylic acids is 1. The molecule has 0 aromatic carbocycles. The van der Waals surface area contributed by atoms with E-state index in [0.717, 1.165) is 76.3 Å². The van der Waals surface area contributed by atoms with Crippen molar-refractivity contribution < 1.29 is 4.79 Å². The predicted molar refractivity (Wildman–Crippen MR) is 117 cm³/mol. The highest BCUT2D eigenvalue weighted by molar-refractivity contribution is 7.18. The number of piperidine rings is 1. The zero-order valence-corrected chi connectivity index (χ0v) is 18.6. The van der Waals surface area contributed by atoms with Crippen molar-refractivity contribution in [1.29, 1.82) is 0 Å². The normalized spacial score (nSPS) is 17.5. The Bertz CT molecular complexity index is 1200. The third-order valence-electron chi connectivity index (χ3n) is 6.79. The van der Waals surface area contributed by atoms with E-state index in [2.05, 4.69) is 10.2 Å². The van der Waals surface area contributed by atoms with Crippen molar-refractivity contribution in [2.24, 2.45) is 0 Å². The van der Waals surface area contributed by atoms with Crippen molar-refractivity contribution in [1.82, 2.24) is 24.6 Å². The topological polar surface area (TPSA) is 83.9 Å². The van der Waals surface area contributed by atoms with E-state index >= 15 is 0 Å². The van der Waals surface area contributed by atoms with Gasteiger partial charge in [-0.2, -0.15) is 5.10 Å². The molecular formula is C22H27N5O2S. The third kappa shape index (κ3) is 3.00. The van der Waals surface area contributed by atoms with E-state index in [-0.39, 0.29) is 17.5 Å². The lowest BCUT2D eigenvalue weighted by atomic mass is 9.95. The molecule has 8 heteroatoms. The zero-order valence-electron chi connectivity index (χ0n) is 17.7. The molecule has 0 radical (unpaired) electrons. The number of aromatic amines is 1. The summed E-state index contributed by atoms with van der Waals surface area (Å²) >= 11 is 1.59. The quantitative estimate of drug-likeness (QED) is 0.681. The lowest BCUT2D eigenvalue weighted by Gasteiger charge is -2.33. The predicted octanol–water partition coefficient (Wildman–Crippen LogP) is 3.46. The van der Waals surface area contributed by atoms with Gasteiger partial charge in [0.15, 0.2) is 5.69 Å². The monoisotopic (exact) mass is 425 g/mol. The van der Waals surface area contributed by atoms with Gasteiger partial charge in [0, 0.05) is 35.3 Å². The molecule has 0 spiro atoms. The third-order valence-corrected chi connectivity index (χ3v) is 7.89. The van der Waals surface area contributed by atoms with Crippen LogP contribution in [-0.4, -0.2) is 43.6 Å². The van der Waals surface area contributed by atoms with Crippen LogP contribution in [0, 0.1) is 20.8 Å². The van der Waals surface area contributed by atoms with E-state index in [1.165, 1.54) is 0 Å². The molecule has 1 N–H and O–H groups in total. The number of fused-ring (bicyclic) bond motifs is 2. The SMILES string of the molecule is Cc1sc2nc(C)n(C3CCN(C(=O)c4n[nH]c5c4CCCC5)CC3)c(=O)c2c1C. The summed E-state index contributed by atoms with van der Waals surface area (Å²) in [6.45, 7) is 7.23. The highest BCUT2D eigenvalue weighted by Crippen LogP contribution is 2.30. The van der Waals surface area contributed by atoms with E-state index in [1.807, 2.05) is 30.2 Å². The van der Waals surface area contributed by atoms with Gasteiger partial charge in [0.1, 0.15) is 10.7 Å². The minimum atomic E-state index is 0.0230. The first-order chi connectivity index (χ1) is 14.5. The number of hydrogen-bond donors (Lipinski definition) is 1. The maximum atomic E-state index is 13.3. The van der Waals surface area contributed by atoms with Crippen molar-refractivity contribution >= 4 is 27.5 Å². The minimum absolute atomic E-state index is 0.0230. The molecule has 0 unspecified atom stereocenters. The van der Waals surface area contributed by atoms with Crippen LogP contribution < -0.4 is 5.56 Å². The Morgan fingerprint density at radius 1 is 1.13 bits per heavy atom. The molecule has 1 amide bonds. The second-order valence-corrected chi connectivity index (χ2v) is 9.76. The van der Waals surface area contributed by atoms with Gasteiger partial charge in [-0.05, 0) is 64.9 Å². The number of aromatic nitrogens is 4. The van der Waals surface area contributed by atoms with Crippen LogP contribution in [0.25, 0.3) is 10.2 Å². The molecule has 158 valence electrons. The molecule has 0 saturated carbocycles. The second-order valence-electron chi connectivity index (χ2n) is 8.56. The number of H-pyrrole nitrogens is 1. The molecule has 7 nitrogen and oxygen atoms in total. The Balaban J connectivity index is 1.38. The van der Waals surface area contributed by atoms with Gasteiger partial charge in [-0.15, -0.1) is 11.3 Å². The lowest BCUT2D eigenvalue weighted by molar-refractivity contribution is 0.0685. The fourth-order valence-electron chi connectivity index (χ4n) is 4.97. The van der Waals surface area contributed by atoms with Gasteiger partial charge in [-0.1, -0.05) is 0 Å². The van der Waals surface area contributed by atoms with E-state index in [0.29, 0.717) is 18.8 Å². The maximum absolute atomic E-state index is 13.3. The fraction of sp³-hybridized carbons (Fsp3) is 0.545. The Morgan fingerprint density at radius 3 is 2.63 bits per heavy atom. The summed E-state index contributed by atoms with van der Waals surface area (Å²) in [5, 5.41) is 8.17. The fourth-order valence-corrected chi connectivity index (χ4v) is 6.04. The summed E-state index contributed by atoms with van der Waals surface area (Å²) in [4.78, 5) is 35.0. The van der Waals surface area contributed by atoms with Gasteiger partial charge >= 0.3 is 0 Å². The molecule has 30 heavy (non-hydrogen) atoms. The molecule has 1 fully saturated rings. The standard InChI is InChI=1S/C22H27N5O2S/c1-12-13(2)30-20-18(12)21(28)27(14(3)23-20)15-8-10-26(11-9-15)22(29)19-16-6-4-5-7-17(16)24-25-19/h15H,4-11H2,1-3H3,(H,24,25). The summed E-state index contributed by atoms with van der Waals surface area (Å²) in [6.07, 6.45) is 5.71. The first-order valence-electron chi connectivity index (χ1n) is 10.8. The van der Waals surface area contributed by atoms with Crippen LogP contribution in [0.2, 0.25) is 0 Å². The van der Waals surface area contributed by atoms with E-state index < -0.39 is 0 Å². The number of rotatable bonds is 2. The number of amides is 1. The molecule has 0 bridgehead atoms. The summed E-state index contributed by atoms with van der Waals surface area (Å²) < 4.78 is 1.86. The molecule has 5 rings (SSSR count). The molecule has 3 aromatic heterocycles. The first kappa shape index (κ1) is 19.5. The average Bonchev–Trinajstić information content (AvgIpc) is 3.29. The van der Waals surface area contributed by atoms with Gasteiger partial charge in [0.25, 0.3) is 11.5 Å². The molecule has 1 aliphatic carbocycles. The molecule has 1 saturated heterocycles. The summed E-state index contributed by atoms with van der Waals surface area (Å²) in [5.41, 5.74) is 3.94. The number of aryl methyl sites for hydroxylation is 4. The molecule has 1 aliphatic heterocycles. The molecular weight excluding hydrogens is 398 g/mol. The van der Waals surface area contributed by atoms with Crippen molar-refractivity contribution in [3.63, 3.8) is 0 Å². The van der Waals surface area contributed by atoms with Crippen LogP contribution in [0.15, 0.2) is 4.79 Å². The number of carbonyl (C=O) groups is 1. The highest BCUT2D eigenvalue weighted by atomic mass is 32.1. The maximum Gasteiger partial charge on any atom is 0.274 e. The van der Waals surface area contributed by atoms with Crippen LogP contribution in [0.3, 0.4) is 0 Å². The minimum Gasteiger partial charge on any atom is -0.337 e. The van der Waals surface area contributed by atoms with Crippen LogP contribution in [0.5, 0.6) is 0 Å². The van der Waals surface area contributed by atoms with Crippen molar-refractivity contribution in [3.8, 4) is 0 Å². The number of hydrogen-bond acceptors (Lipinski definition) is 5. The van der Waals surface area contributed by atoms with Crippen molar-refractivity contribution in [2.75, 3.05) is 13.1 Å². The van der Waals surface area contributed by atoms with Crippen LogP contribution >= 0.6 is 11.3 Å². The van der Waals surface area contributed by atoms with Gasteiger partial charge in [-0.25, -0.2) is 4.98 Å². The van der Waals surface area contributed by atoms with E-state index in [4.69, 9.17) is 4.98 Å². The Morgan fingerprint density at radius 2 is 1.87 bits per heavy atom. The number of nitrogens with zero attached hydrogens (tertiary/aromatic N) is 4. The Hall–Kier alpha value is -2.48. The Labute approximate surface area is 179 Å². The first-order valence-corrected chi connectivity index (χ1v) is 11.6. The van der Waals surface area contributed by atoms with Gasteiger partial charge in [0.2, 0.25) is 0 Å². The largest absolute Gasteiger partial charge is 0.337 e. The number of likely N-dealkylation sites (tertiary alicyclic amines) is 1. The van der Waals surface area contributed by atoms with Crippen molar-refractivity contribution in [2.45, 2.75) is 65.3 Å². The summed E-state index contributed by atoms with van der Waals surface area (Å²) in [7, 11) is 0. The smallest absolute Gasteiger partial charge is 0.274 e. The Kier molecular flexibility index (Phi) is 4.76. The van der Waals surface area contributed by atoms with Crippen molar-refractivity contribution in [3.05, 3.63) is 43.6 Å². The number of nitrogens with one attached hydrogen (secondary N) is 1. The average molecular weight is 426 g/mol. The highest BCUT2D eigenvalue weighted by Gasteiger charge is 2.30. The van der Waals surface area contributed by atoms with E-state index in [1.54, 1.807) is 11.3 Å². The van der Waals surface area contributed by atoms with Crippen LogP contribution in [0.1, 0.15) is 69.7 Å². The summed E-state index contributed by atoms with van der Waals surface area (Å²) in [5.74, 6) is 0.787. The van der Waals surface area contributed by atoms with Gasteiger partial charge in [0.05, 0.1) is 5.39 Å². The van der Waals surface area contributed by atoms with Gasteiger partial charge in [-0.3, -0.25) is 19.3 Å². The second kappa shape index (κ2) is 7.34. The van der Waals surface area contributed by atoms with Crippen LogP contribution in [-0.2, 0) is 12.8 Å². The molecule has 3 aromatic rings. The number of thiophene rings is 1.